The largest absolute Gasteiger partial charge is 0.507 e. The highest BCUT2D eigenvalue weighted by Crippen LogP contribution is 2.28. The number of phenolic OH excluding ortho intramolecular Hbond substituents is 1. The monoisotopic (exact) mass is 400 g/mol. The summed E-state index contributed by atoms with van der Waals surface area (Å²) >= 11 is 2.08. The van der Waals surface area contributed by atoms with E-state index in [0.29, 0.717) is 11.7 Å². The third-order valence-electron chi connectivity index (χ3n) is 3.78. The quantitative estimate of drug-likeness (QED) is 0.778. The van der Waals surface area contributed by atoms with Crippen LogP contribution < -0.4 is 0 Å². The fourth-order valence-corrected chi connectivity index (χ4v) is 2.76. The third kappa shape index (κ3) is 3.04. The summed E-state index contributed by atoms with van der Waals surface area (Å²) in [6.07, 6.45) is 0. The summed E-state index contributed by atoms with van der Waals surface area (Å²) in [5, 5.41) is 13.9. The first kappa shape index (κ1) is 14.7. The SMILES string of the molecule is CN1CCN(C)C(c2noc(-c3ccc(I)c(O)c3)n2)C1. The number of nitrogens with zero attached hydrogens (tertiary/aromatic N) is 4. The van der Waals surface area contributed by atoms with Gasteiger partial charge in [-0.05, 0) is 54.9 Å². The molecule has 3 rings (SSSR count). The van der Waals surface area contributed by atoms with Gasteiger partial charge in [-0.25, -0.2) is 0 Å². The van der Waals surface area contributed by atoms with Gasteiger partial charge in [0.1, 0.15) is 5.75 Å². The van der Waals surface area contributed by atoms with Crippen molar-refractivity contribution in [1.29, 1.82) is 0 Å². The molecule has 112 valence electrons. The van der Waals surface area contributed by atoms with E-state index < -0.39 is 0 Å². The van der Waals surface area contributed by atoms with Crippen LogP contribution in [-0.2, 0) is 0 Å². The van der Waals surface area contributed by atoms with Crippen molar-refractivity contribution < 1.29 is 9.63 Å². The second kappa shape index (κ2) is 5.90. The smallest absolute Gasteiger partial charge is 0.258 e. The molecule has 2 heterocycles. The normalized spacial score (nSPS) is 20.8. The summed E-state index contributed by atoms with van der Waals surface area (Å²) < 4.78 is 6.16. The summed E-state index contributed by atoms with van der Waals surface area (Å²) in [4.78, 5) is 9.00. The molecule has 0 aliphatic carbocycles. The second-order valence-electron chi connectivity index (χ2n) is 5.38. The third-order valence-corrected chi connectivity index (χ3v) is 4.70. The van der Waals surface area contributed by atoms with E-state index in [9.17, 15) is 5.11 Å². The molecule has 21 heavy (non-hydrogen) atoms. The molecule has 1 aliphatic rings. The molecule has 0 radical (unpaired) electrons. The van der Waals surface area contributed by atoms with Crippen LogP contribution in [0.5, 0.6) is 5.75 Å². The average Bonchev–Trinajstić information content (AvgIpc) is 2.94. The van der Waals surface area contributed by atoms with Crippen molar-refractivity contribution in [3.8, 4) is 17.2 Å². The Morgan fingerprint density at radius 1 is 1.33 bits per heavy atom. The molecular formula is C14H17IN4O2. The van der Waals surface area contributed by atoms with Crippen molar-refractivity contribution in [1.82, 2.24) is 19.9 Å². The van der Waals surface area contributed by atoms with Gasteiger partial charge < -0.3 is 14.5 Å². The van der Waals surface area contributed by atoms with Crippen molar-refractivity contribution in [2.45, 2.75) is 6.04 Å². The number of phenols is 1. The Morgan fingerprint density at radius 3 is 2.90 bits per heavy atom. The van der Waals surface area contributed by atoms with Crippen LogP contribution in [0.25, 0.3) is 11.5 Å². The van der Waals surface area contributed by atoms with Crippen molar-refractivity contribution in [2.24, 2.45) is 0 Å². The number of benzene rings is 1. The molecule has 1 atom stereocenters. The molecule has 7 heteroatoms. The van der Waals surface area contributed by atoms with Crippen LogP contribution >= 0.6 is 22.6 Å². The van der Waals surface area contributed by atoms with Crippen LogP contribution in [0, 0.1) is 3.57 Å². The van der Waals surface area contributed by atoms with Gasteiger partial charge in [0, 0.05) is 25.2 Å². The van der Waals surface area contributed by atoms with E-state index in [1.165, 1.54) is 0 Å². The maximum Gasteiger partial charge on any atom is 0.258 e. The first-order valence-electron chi connectivity index (χ1n) is 6.76. The molecule has 1 unspecified atom stereocenters. The van der Waals surface area contributed by atoms with Crippen molar-refractivity contribution >= 4 is 22.6 Å². The lowest BCUT2D eigenvalue weighted by molar-refractivity contribution is 0.108. The number of aromatic nitrogens is 2. The van der Waals surface area contributed by atoms with Crippen LogP contribution in [0.1, 0.15) is 11.9 Å². The molecular weight excluding hydrogens is 383 g/mol. The van der Waals surface area contributed by atoms with Crippen molar-refractivity contribution in [2.75, 3.05) is 33.7 Å². The highest BCUT2D eigenvalue weighted by molar-refractivity contribution is 14.1. The van der Waals surface area contributed by atoms with E-state index in [1.54, 1.807) is 6.07 Å². The van der Waals surface area contributed by atoms with Crippen LogP contribution in [0.3, 0.4) is 0 Å². The molecule has 6 nitrogen and oxygen atoms in total. The molecule has 1 aromatic carbocycles. The van der Waals surface area contributed by atoms with E-state index in [-0.39, 0.29) is 11.8 Å². The van der Waals surface area contributed by atoms with Gasteiger partial charge in [0.15, 0.2) is 5.82 Å². The molecule has 0 bridgehead atoms. The summed E-state index contributed by atoms with van der Waals surface area (Å²) in [5.41, 5.74) is 0.735. The van der Waals surface area contributed by atoms with Gasteiger partial charge in [-0.15, -0.1) is 0 Å². The fraction of sp³-hybridized carbons (Fsp3) is 0.429. The van der Waals surface area contributed by atoms with E-state index in [2.05, 4.69) is 56.6 Å². The van der Waals surface area contributed by atoms with Gasteiger partial charge in [-0.2, -0.15) is 4.98 Å². The predicted molar refractivity (Wildman–Crippen MR) is 87.0 cm³/mol. The zero-order valence-corrected chi connectivity index (χ0v) is 14.1. The van der Waals surface area contributed by atoms with Crippen LogP contribution in [-0.4, -0.2) is 58.8 Å². The Morgan fingerprint density at radius 2 is 2.14 bits per heavy atom. The van der Waals surface area contributed by atoms with Gasteiger partial charge in [0.25, 0.3) is 5.89 Å². The Kier molecular flexibility index (Phi) is 4.14. The first-order chi connectivity index (χ1) is 10.0. The van der Waals surface area contributed by atoms with Crippen molar-refractivity contribution in [3.63, 3.8) is 0 Å². The molecule has 1 aliphatic heterocycles. The molecule has 0 amide bonds. The molecule has 0 spiro atoms. The Bertz CT molecular complexity index is 646. The van der Waals surface area contributed by atoms with Gasteiger partial charge in [0.05, 0.1) is 9.61 Å². The summed E-state index contributed by atoms with van der Waals surface area (Å²) in [6, 6.07) is 5.49. The van der Waals surface area contributed by atoms with E-state index in [0.717, 1.165) is 28.8 Å². The lowest BCUT2D eigenvalue weighted by Crippen LogP contribution is -2.45. The first-order valence-corrected chi connectivity index (χ1v) is 7.84. The number of likely N-dealkylation sites (N-methyl/N-ethyl adjacent to an activating group) is 2. The highest BCUT2D eigenvalue weighted by Gasteiger charge is 2.28. The molecule has 2 aromatic rings. The van der Waals surface area contributed by atoms with Crippen LogP contribution in [0.15, 0.2) is 22.7 Å². The number of aromatic hydroxyl groups is 1. The van der Waals surface area contributed by atoms with Gasteiger partial charge in [-0.3, -0.25) is 4.90 Å². The maximum atomic E-state index is 9.78. The Balaban J connectivity index is 1.87. The van der Waals surface area contributed by atoms with E-state index >= 15 is 0 Å². The van der Waals surface area contributed by atoms with Gasteiger partial charge in [0.2, 0.25) is 0 Å². The fourth-order valence-electron chi connectivity index (χ4n) is 2.42. The molecule has 1 saturated heterocycles. The minimum atomic E-state index is 0.138. The molecule has 1 fully saturated rings. The van der Waals surface area contributed by atoms with Crippen LogP contribution in [0.2, 0.25) is 0 Å². The second-order valence-corrected chi connectivity index (χ2v) is 6.54. The van der Waals surface area contributed by atoms with Crippen LogP contribution in [0.4, 0.5) is 0 Å². The standard InChI is InChI=1S/C14H17IN4O2/c1-18-5-6-19(2)11(8-18)13-16-14(21-17-13)9-3-4-10(15)12(20)7-9/h3-4,7,11,20H,5-6,8H2,1-2H3. The van der Waals surface area contributed by atoms with Gasteiger partial charge in [-0.1, -0.05) is 5.16 Å². The zero-order chi connectivity index (χ0) is 15.0. The lowest BCUT2D eigenvalue weighted by atomic mass is 10.1. The average molecular weight is 400 g/mol. The Labute approximate surface area is 136 Å². The topological polar surface area (TPSA) is 65.6 Å². The number of piperazine rings is 1. The molecule has 1 N–H and O–H groups in total. The number of halogens is 1. The maximum absolute atomic E-state index is 9.78. The van der Waals surface area contributed by atoms with Crippen molar-refractivity contribution in [3.05, 3.63) is 27.6 Å². The number of hydrogen-bond acceptors (Lipinski definition) is 6. The minimum Gasteiger partial charge on any atom is -0.507 e. The number of hydrogen-bond donors (Lipinski definition) is 1. The van der Waals surface area contributed by atoms with E-state index in [4.69, 9.17) is 4.52 Å². The number of rotatable bonds is 2. The summed E-state index contributed by atoms with van der Waals surface area (Å²) in [5.74, 6) is 1.36. The molecule has 1 aromatic heterocycles. The summed E-state index contributed by atoms with van der Waals surface area (Å²) in [6.45, 7) is 2.91. The van der Waals surface area contributed by atoms with Gasteiger partial charge >= 0.3 is 0 Å². The zero-order valence-electron chi connectivity index (χ0n) is 12.0. The molecule has 0 saturated carbocycles. The summed E-state index contributed by atoms with van der Waals surface area (Å²) in [7, 11) is 4.17. The Hall–Kier alpha value is -1.19. The lowest BCUT2D eigenvalue weighted by Gasteiger charge is -2.35. The predicted octanol–water partition coefficient (Wildman–Crippen LogP) is 1.97. The minimum absolute atomic E-state index is 0.138. The highest BCUT2D eigenvalue weighted by atomic mass is 127. The van der Waals surface area contributed by atoms with E-state index in [1.807, 2.05) is 12.1 Å².